The first-order valence-corrected chi connectivity index (χ1v) is 3.07. The van der Waals surface area contributed by atoms with Crippen LogP contribution in [0.3, 0.4) is 0 Å². The van der Waals surface area contributed by atoms with Crippen molar-refractivity contribution in [2.24, 2.45) is 0 Å². The van der Waals surface area contributed by atoms with Crippen molar-refractivity contribution < 1.29 is 8.78 Å². The maximum absolute atomic E-state index is 12.3. The Bertz CT molecular complexity index is 79.0. The Hall–Kier alpha value is -0.400. The van der Waals surface area contributed by atoms with Crippen molar-refractivity contribution in [3.63, 3.8) is 0 Å². The van der Waals surface area contributed by atoms with Gasteiger partial charge in [0.25, 0.3) is 0 Å². The van der Waals surface area contributed by atoms with E-state index in [-0.39, 0.29) is 6.42 Å². The van der Waals surface area contributed by atoms with Crippen LogP contribution in [-0.4, -0.2) is 12.3 Å². The van der Waals surface area contributed by atoms with Crippen LogP contribution in [0.1, 0.15) is 19.8 Å². The Morgan fingerprint density at radius 2 is 2.11 bits per heavy atom. The predicted molar refractivity (Wildman–Crippen MR) is 34.9 cm³/mol. The zero-order valence-electron chi connectivity index (χ0n) is 5.61. The van der Waals surface area contributed by atoms with Gasteiger partial charge < -0.3 is 0 Å². The molecule has 0 fully saturated rings. The molecule has 2 heteroatoms. The monoisotopic (exact) mass is 134 g/mol. The lowest BCUT2D eigenvalue weighted by molar-refractivity contribution is 0.174. The molecule has 0 radical (unpaired) electrons. The molecule has 0 saturated carbocycles. The number of halogens is 2. The number of hydrogen-bond acceptors (Lipinski definition) is 0. The number of hydrogen-bond donors (Lipinski definition) is 0. The molecule has 0 nitrogen and oxygen atoms in total. The summed E-state index contributed by atoms with van der Waals surface area (Å²) < 4.78 is 24.3. The highest BCUT2D eigenvalue weighted by molar-refractivity contribution is 4.71. The first kappa shape index (κ1) is 8.60. The van der Waals surface area contributed by atoms with Gasteiger partial charge in [0.1, 0.15) is 12.3 Å². The van der Waals surface area contributed by atoms with Crippen LogP contribution in [0.15, 0.2) is 12.7 Å². The average Bonchev–Trinajstić information content (AvgIpc) is 1.82. The third-order valence-electron chi connectivity index (χ3n) is 1.14. The highest BCUT2D eigenvalue weighted by Crippen LogP contribution is 2.09. The van der Waals surface area contributed by atoms with E-state index in [2.05, 4.69) is 6.58 Å². The molecule has 2 atom stereocenters. The Morgan fingerprint density at radius 1 is 1.56 bits per heavy atom. The Labute approximate surface area is 54.6 Å². The van der Waals surface area contributed by atoms with Gasteiger partial charge in [-0.15, -0.1) is 6.58 Å². The first-order valence-electron chi connectivity index (χ1n) is 3.07. The standard InChI is InChI=1S/C7H12F2/c1-3-4-5-7(9)6(2)8/h3,6-7H,1,4-5H2,2H3. The molecule has 0 saturated heterocycles. The third-order valence-corrected chi connectivity index (χ3v) is 1.14. The first-order chi connectivity index (χ1) is 4.18. The molecular weight excluding hydrogens is 122 g/mol. The van der Waals surface area contributed by atoms with E-state index in [4.69, 9.17) is 0 Å². The molecule has 0 aliphatic carbocycles. The van der Waals surface area contributed by atoms with Gasteiger partial charge in [0.2, 0.25) is 0 Å². The number of alkyl halides is 2. The summed E-state index contributed by atoms with van der Waals surface area (Å²) >= 11 is 0. The fourth-order valence-electron chi connectivity index (χ4n) is 0.507. The van der Waals surface area contributed by atoms with Crippen LogP contribution in [0.2, 0.25) is 0 Å². The van der Waals surface area contributed by atoms with Crippen molar-refractivity contribution in [3.8, 4) is 0 Å². The van der Waals surface area contributed by atoms with E-state index in [1.54, 1.807) is 6.08 Å². The lowest BCUT2D eigenvalue weighted by Gasteiger charge is -2.05. The van der Waals surface area contributed by atoms with Crippen LogP contribution in [0.25, 0.3) is 0 Å². The van der Waals surface area contributed by atoms with Gasteiger partial charge in [-0.1, -0.05) is 6.08 Å². The van der Waals surface area contributed by atoms with E-state index in [1.165, 1.54) is 6.92 Å². The van der Waals surface area contributed by atoms with Gasteiger partial charge in [0.15, 0.2) is 0 Å². The summed E-state index contributed by atoms with van der Waals surface area (Å²) in [5.74, 6) is 0. The molecule has 0 aromatic heterocycles. The maximum atomic E-state index is 12.3. The van der Waals surface area contributed by atoms with E-state index in [9.17, 15) is 8.78 Å². The van der Waals surface area contributed by atoms with E-state index in [0.717, 1.165) is 0 Å². The van der Waals surface area contributed by atoms with Crippen molar-refractivity contribution in [1.82, 2.24) is 0 Å². The fourth-order valence-corrected chi connectivity index (χ4v) is 0.507. The van der Waals surface area contributed by atoms with Gasteiger partial charge in [-0.25, -0.2) is 8.78 Å². The minimum absolute atomic E-state index is 0.251. The van der Waals surface area contributed by atoms with Gasteiger partial charge in [0.05, 0.1) is 0 Å². The van der Waals surface area contributed by atoms with Gasteiger partial charge in [0, 0.05) is 0 Å². The summed E-state index contributed by atoms with van der Waals surface area (Å²) in [6.45, 7) is 4.63. The summed E-state index contributed by atoms with van der Waals surface area (Å²) in [6.07, 6.45) is -0.265. The minimum atomic E-state index is -1.34. The Balaban J connectivity index is 3.26. The van der Waals surface area contributed by atoms with Gasteiger partial charge >= 0.3 is 0 Å². The predicted octanol–water partition coefficient (Wildman–Crippen LogP) is 2.65. The lowest BCUT2D eigenvalue weighted by atomic mass is 10.1. The van der Waals surface area contributed by atoms with Gasteiger partial charge in [-0.2, -0.15) is 0 Å². The van der Waals surface area contributed by atoms with Crippen molar-refractivity contribution in [3.05, 3.63) is 12.7 Å². The molecule has 0 heterocycles. The lowest BCUT2D eigenvalue weighted by Crippen LogP contribution is -2.12. The molecule has 0 aliphatic heterocycles. The Morgan fingerprint density at radius 3 is 2.44 bits per heavy atom. The number of allylic oxidation sites excluding steroid dienone is 1. The zero-order valence-corrected chi connectivity index (χ0v) is 5.61. The highest BCUT2D eigenvalue weighted by atomic mass is 19.2. The summed E-state index contributed by atoms with van der Waals surface area (Å²) in [4.78, 5) is 0. The fraction of sp³-hybridized carbons (Fsp3) is 0.714. The van der Waals surface area contributed by atoms with Crippen LogP contribution in [0, 0.1) is 0 Å². The maximum Gasteiger partial charge on any atom is 0.131 e. The molecule has 54 valence electrons. The second-order valence-electron chi connectivity index (χ2n) is 2.06. The van der Waals surface area contributed by atoms with E-state index in [0.29, 0.717) is 6.42 Å². The molecule has 2 unspecified atom stereocenters. The third kappa shape index (κ3) is 4.13. The molecule has 0 aromatic carbocycles. The summed E-state index contributed by atoms with van der Waals surface area (Å²) in [7, 11) is 0. The molecule has 0 N–H and O–H groups in total. The Kier molecular flexibility index (Phi) is 4.28. The number of rotatable bonds is 4. The SMILES string of the molecule is C=CCCC(F)C(C)F. The van der Waals surface area contributed by atoms with Crippen molar-refractivity contribution in [1.29, 1.82) is 0 Å². The molecule has 0 rings (SSSR count). The van der Waals surface area contributed by atoms with Crippen molar-refractivity contribution in [2.75, 3.05) is 0 Å². The molecule has 0 aromatic rings. The summed E-state index contributed by atoms with van der Waals surface area (Å²) in [5.41, 5.74) is 0. The smallest absolute Gasteiger partial charge is 0.131 e. The molecular formula is C7H12F2. The van der Waals surface area contributed by atoms with Crippen LogP contribution >= 0.6 is 0 Å². The second-order valence-corrected chi connectivity index (χ2v) is 2.06. The van der Waals surface area contributed by atoms with E-state index >= 15 is 0 Å². The minimum Gasteiger partial charge on any atom is -0.245 e. The van der Waals surface area contributed by atoms with Crippen LogP contribution in [0.4, 0.5) is 8.78 Å². The molecule has 0 amide bonds. The summed E-state index contributed by atoms with van der Waals surface area (Å²) in [5, 5.41) is 0. The largest absolute Gasteiger partial charge is 0.245 e. The topological polar surface area (TPSA) is 0 Å². The van der Waals surface area contributed by atoms with Crippen LogP contribution in [-0.2, 0) is 0 Å². The molecule has 9 heavy (non-hydrogen) atoms. The zero-order chi connectivity index (χ0) is 7.28. The average molecular weight is 134 g/mol. The second kappa shape index (κ2) is 4.48. The molecule has 0 spiro atoms. The van der Waals surface area contributed by atoms with Crippen LogP contribution < -0.4 is 0 Å². The van der Waals surface area contributed by atoms with E-state index < -0.39 is 12.3 Å². The summed E-state index contributed by atoms with van der Waals surface area (Å²) in [6, 6.07) is 0. The normalized spacial score (nSPS) is 16.8. The van der Waals surface area contributed by atoms with Crippen molar-refractivity contribution >= 4 is 0 Å². The quantitative estimate of drug-likeness (QED) is 0.518. The molecule has 0 aliphatic rings. The van der Waals surface area contributed by atoms with Gasteiger partial charge in [-0.3, -0.25) is 0 Å². The van der Waals surface area contributed by atoms with E-state index in [1.807, 2.05) is 0 Å². The molecule has 0 bridgehead atoms. The van der Waals surface area contributed by atoms with Crippen LogP contribution in [0.5, 0.6) is 0 Å². The van der Waals surface area contributed by atoms with Crippen molar-refractivity contribution in [2.45, 2.75) is 32.1 Å². The highest BCUT2D eigenvalue weighted by Gasteiger charge is 2.12. The van der Waals surface area contributed by atoms with Gasteiger partial charge in [-0.05, 0) is 19.8 Å².